The van der Waals surface area contributed by atoms with Crippen LogP contribution in [0.25, 0.3) is 0 Å². The molecule has 0 radical (unpaired) electrons. The maximum atomic E-state index is 12.7. The van der Waals surface area contributed by atoms with Gasteiger partial charge in [-0.1, -0.05) is 191 Å². The molecule has 0 aromatic rings. The molecule has 0 saturated heterocycles. The van der Waals surface area contributed by atoms with Gasteiger partial charge in [0.1, 0.15) is 19.3 Å². The molecular weight excluding hydrogens is 782 g/mol. The summed E-state index contributed by atoms with van der Waals surface area (Å²) in [6.45, 7) is 5.29. The number of quaternary nitrogens is 1. The molecule has 8 nitrogen and oxygen atoms in total. The number of hydrogen-bond donors (Lipinski definition) is 0. The Morgan fingerprint density at radius 1 is 0.525 bits per heavy atom. The lowest BCUT2D eigenvalue weighted by Gasteiger charge is -2.28. The predicted octanol–water partition coefficient (Wildman–Crippen LogP) is 14.9. The van der Waals surface area contributed by atoms with E-state index in [1.165, 1.54) is 128 Å². The first kappa shape index (κ1) is 59.5. The Morgan fingerprint density at radius 3 is 1.44 bits per heavy atom. The van der Waals surface area contributed by atoms with E-state index in [2.05, 4.69) is 62.5 Å². The molecule has 0 heterocycles. The van der Waals surface area contributed by atoms with Gasteiger partial charge in [-0.15, -0.1) is 0 Å². The molecule has 0 aliphatic heterocycles. The average Bonchev–Trinajstić information content (AvgIpc) is 3.22. The second-order valence-electron chi connectivity index (χ2n) is 18.1. The Kier molecular flexibility index (Phi) is 43.9. The van der Waals surface area contributed by atoms with Gasteiger partial charge in [0.15, 0.2) is 0 Å². The zero-order valence-corrected chi connectivity index (χ0v) is 41.5. The molecule has 0 rings (SSSR count). The maximum absolute atomic E-state index is 12.7. The van der Waals surface area contributed by atoms with E-state index in [1.807, 2.05) is 21.1 Å². The summed E-state index contributed by atoms with van der Waals surface area (Å²) < 4.78 is 34.7. The number of hydrogen-bond acceptors (Lipinski definition) is 7. The minimum atomic E-state index is -4.53. The third-order valence-corrected chi connectivity index (χ3v) is 11.8. The molecule has 2 unspecified atom stereocenters. The molecule has 0 aromatic heterocycles. The lowest BCUT2D eigenvalue weighted by atomic mass is 10.0. The van der Waals surface area contributed by atoms with Gasteiger partial charge in [-0.2, -0.15) is 0 Å². The Labute approximate surface area is 378 Å². The standard InChI is InChI=1S/C52H98NO7P/c1-6-8-10-12-14-16-18-20-22-23-24-25-26-27-28-29-30-32-34-36-38-40-42-44-47-57-49-51(50-59-61(55,56)58-48-46-53(3,4)5)60-52(54)45-43-41-39-37-35-33-31-21-19-17-15-13-11-9-7-2/h9,11,15,17,21,23-24,31,51H,6-8,10,12-14,16,18-20,22,25-30,32-50H2,1-5H3/b11-9-,17-15-,24-23-,31-21-. The van der Waals surface area contributed by atoms with Gasteiger partial charge in [-0.3, -0.25) is 9.36 Å². The summed E-state index contributed by atoms with van der Waals surface area (Å²) in [5.41, 5.74) is 0. The van der Waals surface area contributed by atoms with Gasteiger partial charge in [0, 0.05) is 13.0 Å². The third-order valence-electron chi connectivity index (χ3n) is 10.9. The number of rotatable bonds is 47. The van der Waals surface area contributed by atoms with Gasteiger partial charge < -0.3 is 27.9 Å². The zero-order chi connectivity index (χ0) is 44.8. The van der Waals surface area contributed by atoms with E-state index in [9.17, 15) is 14.3 Å². The van der Waals surface area contributed by atoms with Crippen molar-refractivity contribution in [3.63, 3.8) is 0 Å². The van der Waals surface area contributed by atoms with Crippen LogP contribution in [0.15, 0.2) is 48.6 Å². The van der Waals surface area contributed by atoms with Crippen molar-refractivity contribution in [2.24, 2.45) is 0 Å². The highest BCUT2D eigenvalue weighted by molar-refractivity contribution is 7.45. The van der Waals surface area contributed by atoms with E-state index in [0.717, 1.165) is 70.6 Å². The van der Waals surface area contributed by atoms with Crippen molar-refractivity contribution in [1.29, 1.82) is 0 Å². The third kappa shape index (κ3) is 49.3. The molecule has 0 spiro atoms. The number of nitrogens with zero attached hydrogens (tertiary/aromatic N) is 1. The summed E-state index contributed by atoms with van der Waals surface area (Å²) in [7, 11) is 1.34. The first-order valence-corrected chi connectivity index (χ1v) is 26.8. The molecule has 0 amide bonds. The minimum Gasteiger partial charge on any atom is -0.756 e. The lowest BCUT2D eigenvalue weighted by Crippen LogP contribution is -2.37. The van der Waals surface area contributed by atoms with Crippen LogP contribution in [0.2, 0.25) is 0 Å². The summed E-state index contributed by atoms with van der Waals surface area (Å²) in [5.74, 6) is -0.350. The molecule has 0 bridgehead atoms. The highest BCUT2D eigenvalue weighted by atomic mass is 31.2. The molecule has 0 aliphatic rings. The van der Waals surface area contributed by atoms with Crippen LogP contribution in [-0.4, -0.2) is 70.7 Å². The smallest absolute Gasteiger partial charge is 0.306 e. The van der Waals surface area contributed by atoms with Crippen molar-refractivity contribution < 1.29 is 37.3 Å². The van der Waals surface area contributed by atoms with Crippen LogP contribution in [0.1, 0.15) is 219 Å². The number of likely N-dealkylation sites (N-methyl/N-ethyl adjacent to an activating group) is 1. The maximum Gasteiger partial charge on any atom is 0.306 e. The second-order valence-corrected chi connectivity index (χ2v) is 19.6. The summed E-state index contributed by atoms with van der Waals surface area (Å²) in [5, 5.41) is 0. The van der Waals surface area contributed by atoms with Gasteiger partial charge in [0.2, 0.25) is 0 Å². The molecule has 358 valence electrons. The van der Waals surface area contributed by atoms with Gasteiger partial charge >= 0.3 is 5.97 Å². The number of phosphoric ester groups is 1. The molecule has 0 saturated carbocycles. The van der Waals surface area contributed by atoms with Crippen LogP contribution in [0.4, 0.5) is 0 Å². The largest absolute Gasteiger partial charge is 0.756 e. The fourth-order valence-corrected chi connectivity index (χ4v) is 7.70. The van der Waals surface area contributed by atoms with Crippen molar-refractivity contribution in [2.75, 3.05) is 54.1 Å². The topological polar surface area (TPSA) is 94.1 Å². The SMILES string of the molecule is CC/C=C\C/C=C\C/C=C\CCCCCCCC(=O)OC(COCCCCCCCCCCCCCC/C=C\CCCCCCCCCC)COP(=O)([O-])OCC[N+](C)(C)C. The Hall–Kier alpha value is -1.54. The molecule has 61 heavy (non-hydrogen) atoms. The lowest BCUT2D eigenvalue weighted by molar-refractivity contribution is -0.870. The predicted molar refractivity (Wildman–Crippen MR) is 259 cm³/mol. The van der Waals surface area contributed by atoms with Gasteiger partial charge in [-0.25, -0.2) is 0 Å². The molecule has 0 N–H and O–H groups in total. The van der Waals surface area contributed by atoms with Crippen molar-refractivity contribution in [3.05, 3.63) is 48.6 Å². The zero-order valence-electron chi connectivity index (χ0n) is 40.6. The van der Waals surface area contributed by atoms with Crippen LogP contribution in [0.3, 0.4) is 0 Å². The summed E-state index contributed by atoms with van der Waals surface area (Å²) in [6, 6.07) is 0. The molecule has 0 aromatic carbocycles. The summed E-state index contributed by atoms with van der Waals surface area (Å²) >= 11 is 0. The summed E-state index contributed by atoms with van der Waals surface area (Å²) in [6.07, 6.45) is 55.7. The van der Waals surface area contributed by atoms with Crippen LogP contribution >= 0.6 is 7.82 Å². The number of carbonyl (C=O) groups excluding carboxylic acids is 1. The fourth-order valence-electron chi connectivity index (χ4n) is 6.97. The van der Waals surface area contributed by atoms with Gasteiger partial charge in [-0.05, 0) is 70.6 Å². The summed E-state index contributed by atoms with van der Waals surface area (Å²) in [4.78, 5) is 25.1. The molecule has 2 atom stereocenters. The van der Waals surface area contributed by atoms with Crippen LogP contribution in [-0.2, 0) is 27.9 Å². The van der Waals surface area contributed by atoms with E-state index >= 15 is 0 Å². The van der Waals surface area contributed by atoms with Crippen molar-refractivity contribution >= 4 is 13.8 Å². The van der Waals surface area contributed by atoms with Gasteiger partial charge in [0.25, 0.3) is 7.82 Å². The Bertz CT molecular complexity index is 1120. The van der Waals surface area contributed by atoms with E-state index in [1.54, 1.807) is 0 Å². The van der Waals surface area contributed by atoms with E-state index in [-0.39, 0.29) is 25.8 Å². The quantitative estimate of drug-likeness (QED) is 0.0198. The highest BCUT2D eigenvalue weighted by Crippen LogP contribution is 2.38. The van der Waals surface area contributed by atoms with Gasteiger partial charge in [0.05, 0.1) is 34.4 Å². The minimum absolute atomic E-state index is 0.0216. The molecular formula is C52H98NO7P. The van der Waals surface area contributed by atoms with Crippen LogP contribution in [0.5, 0.6) is 0 Å². The molecule has 0 fully saturated rings. The number of unbranched alkanes of at least 4 members (excludes halogenated alkanes) is 25. The molecule has 9 heteroatoms. The Morgan fingerprint density at radius 2 is 0.951 bits per heavy atom. The Balaban J connectivity index is 4.10. The first-order chi connectivity index (χ1) is 29.6. The monoisotopic (exact) mass is 880 g/mol. The normalized spacial score (nSPS) is 14.0. The molecule has 0 aliphatic carbocycles. The number of esters is 1. The average molecular weight is 880 g/mol. The fraction of sp³-hybridized carbons (Fsp3) is 0.827. The number of ether oxygens (including phenoxy) is 2. The van der Waals surface area contributed by atoms with Crippen molar-refractivity contribution in [3.8, 4) is 0 Å². The highest BCUT2D eigenvalue weighted by Gasteiger charge is 2.20. The van der Waals surface area contributed by atoms with E-state index in [0.29, 0.717) is 24.1 Å². The second kappa shape index (κ2) is 45.0. The van der Waals surface area contributed by atoms with Crippen LogP contribution < -0.4 is 4.89 Å². The van der Waals surface area contributed by atoms with Crippen LogP contribution in [0, 0.1) is 0 Å². The van der Waals surface area contributed by atoms with Crippen molar-refractivity contribution in [2.45, 2.75) is 225 Å². The van der Waals surface area contributed by atoms with E-state index in [4.69, 9.17) is 18.5 Å². The number of carbonyl (C=O) groups is 1. The first-order valence-electron chi connectivity index (χ1n) is 25.4. The van der Waals surface area contributed by atoms with Crippen molar-refractivity contribution in [1.82, 2.24) is 0 Å². The van der Waals surface area contributed by atoms with E-state index < -0.39 is 13.9 Å². The number of phosphoric acid groups is 1. The number of allylic oxidation sites excluding steroid dienone is 8.